The molecule has 0 saturated carbocycles. The number of hydrogen-bond acceptors (Lipinski definition) is 8. The summed E-state index contributed by atoms with van der Waals surface area (Å²) >= 11 is 0. The highest BCUT2D eigenvalue weighted by Gasteiger charge is 2.46. The normalized spacial score (nSPS) is 20.5. The van der Waals surface area contributed by atoms with Gasteiger partial charge in [0, 0.05) is 98.2 Å². The molecule has 43 heavy (non-hydrogen) atoms. The predicted molar refractivity (Wildman–Crippen MR) is 158 cm³/mol. The van der Waals surface area contributed by atoms with Crippen LogP contribution >= 0.6 is 0 Å². The molecule has 2 aliphatic heterocycles. The van der Waals surface area contributed by atoms with Crippen molar-refractivity contribution in [3.8, 4) is 22.3 Å². The van der Waals surface area contributed by atoms with Crippen molar-refractivity contribution in [1.82, 2.24) is 19.4 Å². The monoisotopic (exact) mass is 588 g/mol. The number of hydrogen-bond donors (Lipinski definition) is 2. The van der Waals surface area contributed by atoms with E-state index in [4.69, 9.17) is 9.72 Å². The minimum atomic E-state index is -1.33. The fourth-order valence-electron chi connectivity index (χ4n) is 7.04. The first-order valence-electron chi connectivity index (χ1n) is 14.1. The van der Waals surface area contributed by atoms with Gasteiger partial charge in [-0.3, -0.25) is 9.78 Å². The van der Waals surface area contributed by atoms with Gasteiger partial charge in [-0.25, -0.2) is 18.6 Å². The number of aromatic nitrogens is 3. The number of carboxylic acids is 1. The van der Waals surface area contributed by atoms with Crippen LogP contribution < -0.4 is 15.6 Å². The van der Waals surface area contributed by atoms with Crippen molar-refractivity contribution in [2.45, 2.75) is 18.6 Å². The van der Waals surface area contributed by atoms with Gasteiger partial charge in [0.05, 0.1) is 29.5 Å². The Morgan fingerprint density at radius 1 is 1.16 bits per heavy atom. The van der Waals surface area contributed by atoms with Crippen molar-refractivity contribution in [1.29, 1.82) is 0 Å². The van der Waals surface area contributed by atoms with Crippen LogP contribution in [0.25, 0.3) is 33.3 Å². The number of nitrogens with zero attached hydrogens (tertiary/aromatic N) is 5. The number of likely N-dealkylation sites (N-methyl/N-ethyl adjacent to an activating group) is 1. The molecule has 3 aromatic heterocycles. The fourth-order valence-corrected chi connectivity index (χ4v) is 7.04. The molecule has 2 unspecified atom stereocenters. The molecule has 1 aliphatic carbocycles. The van der Waals surface area contributed by atoms with E-state index >= 15 is 4.39 Å². The highest BCUT2D eigenvalue weighted by atomic mass is 19.2. The van der Waals surface area contributed by atoms with Gasteiger partial charge >= 0.3 is 5.97 Å². The number of benzene rings is 1. The van der Waals surface area contributed by atoms with Gasteiger partial charge in [0.1, 0.15) is 11.2 Å². The number of carboxylic acid groups (broad SMARTS) is 1. The summed E-state index contributed by atoms with van der Waals surface area (Å²) in [5, 5.41) is 12.7. The molecule has 0 spiro atoms. The molecule has 1 aromatic carbocycles. The van der Waals surface area contributed by atoms with Crippen molar-refractivity contribution >= 4 is 28.4 Å². The van der Waals surface area contributed by atoms with Gasteiger partial charge in [0.15, 0.2) is 11.6 Å². The Labute approximate surface area is 245 Å². The zero-order valence-electron chi connectivity index (χ0n) is 24.1. The highest BCUT2D eigenvalue weighted by Crippen LogP contribution is 2.51. The van der Waals surface area contributed by atoms with Gasteiger partial charge in [0.2, 0.25) is 5.43 Å². The predicted octanol–water partition coefficient (Wildman–Crippen LogP) is 3.35. The van der Waals surface area contributed by atoms with Crippen LogP contribution in [-0.4, -0.2) is 83.5 Å². The van der Waals surface area contributed by atoms with Gasteiger partial charge in [-0.2, -0.15) is 0 Å². The molecule has 3 aliphatic rings. The number of carbonyl (C=O) groups is 1. The Hall–Kier alpha value is -4.42. The van der Waals surface area contributed by atoms with Crippen LogP contribution in [0.15, 0.2) is 35.5 Å². The number of fused-ring (bicyclic) bond motifs is 5. The first-order chi connectivity index (χ1) is 20.6. The van der Waals surface area contributed by atoms with Crippen LogP contribution in [0.5, 0.6) is 0 Å². The quantitative estimate of drug-likeness (QED) is 0.319. The van der Waals surface area contributed by atoms with Crippen molar-refractivity contribution in [2.24, 2.45) is 13.0 Å². The van der Waals surface area contributed by atoms with Crippen LogP contribution in [0.3, 0.4) is 0 Å². The Balaban J connectivity index is 1.48. The molecule has 4 aromatic rings. The second kappa shape index (κ2) is 9.81. The third-order valence-corrected chi connectivity index (χ3v) is 9.14. The van der Waals surface area contributed by atoms with Crippen LogP contribution in [0.2, 0.25) is 0 Å². The second-order valence-corrected chi connectivity index (χ2v) is 11.7. The minimum absolute atomic E-state index is 0.0460. The minimum Gasteiger partial charge on any atom is -0.477 e. The lowest BCUT2D eigenvalue weighted by molar-refractivity contribution is 0.0695. The molecule has 0 bridgehead atoms. The summed E-state index contributed by atoms with van der Waals surface area (Å²) in [5.41, 5.74) is 3.48. The fraction of sp³-hybridized carbons (Fsp3) is 0.355. The zero-order valence-corrected chi connectivity index (χ0v) is 24.1. The standard InChI is InChI=1S/C31H30F2N6O4/c1-34-21-7-20(32)27(33)25-15(21)6-22-26(25)28(39-11-18-23(37(2)3)13-43-24(18)12-39)17(9-35-22)14-5-16-29(40)19(31(41)42)10-38(4)30(16)36-8-14/h5,7-10,18,23-24,34H,6,11-13H2,1-4H3,(H,41,42)/t18?,23?,24-/m1/s1. The van der Waals surface area contributed by atoms with E-state index in [0.717, 1.165) is 0 Å². The molecule has 12 heteroatoms. The Bertz CT molecular complexity index is 1910. The van der Waals surface area contributed by atoms with Gasteiger partial charge < -0.3 is 29.5 Å². The molecule has 222 valence electrons. The maximum absolute atomic E-state index is 15.7. The molecule has 3 atom stereocenters. The van der Waals surface area contributed by atoms with Crippen molar-refractivity contribution < 1.29 is 23.4 Å². The van der Waals surface area contributed by atoms with Crippen LogP contribution in [0, 0.1) is 17.6 Å². The number of halogens is 2. The Morgan fingerprint density at radius 2 is 1.95 bits per heavy atom. The van der Waals surface area contributed by atoms with E-state index < -0.39 is 23.0 Å². The van der Waals surface area contributed by atoms with E-state index in [1.165, 1.54) is 16.8 Å². The Kier molecular flexibility index (Phi) is 6.26. The number of aromatic carboxylic acids is 1. The average Bonchev–Trinajstić information content (AvgIpc) is 3.68. The summed E-state index contributed by atoms with van der Waals surface area (Å²) in [6.45, 7) is 1.78. The van der Waals surface area contributed by atoms with E-state index in [0.29, 0.717) is 71.1 Å². The summed E-state index contributed by atoms with van der Waals surface area (Å²) in [6, 6.07) is 2.97. The van der Waals surface area contributed by atoms with E-state index in [-0.39, 0.29) is 34.6 Å². The van der Waals surface area contributed by atoms with E-state index in [1.54, 1.807) is 32.6 Å². The molecule has 0 radical (unpaired) electrons. The first-order valence-corrected chi connectivity index (χ1v) is 14.1. The number of anilines is 2. The summed E-state index contributed by atoms with van der Waals surface area (Å²) in [7, 11) is 7.34. The van der Waals surface area contributed by atoms with Gasteiger partial charge in [-0.1, -0.05) is 0 Å². The summed E-state index contributed by atoms with van der Waals surface area (Å²) < 4.78 is 38.4. The number of rotatable bonds is 5. The van der Waals surface area contributed by atoms with Crippen LogP contribution in [-0.2, 0) is 18.2 Å². The largest absolute Gasteiger partial charge is 0.477 e. The highest BCUT2D eigenvalue weighted by molar-refractivity contribution is 5.98. The van der Waals surface area contributed by atoms with Gasteiger partial charge in [0.25, 0.3) is 0 Å². The van der Waals surface area contributed by atoms with Crippen LogP contribution in [0.1, 0.15) is 21.6 Å². The summed E-state index contributed by atoms with van der Waals surface area (Å²) in [6.07, 6.45) is 4.80. The topological polar surface area (TPSA) is 113 Å². The molecular formula is C31H30F2N6O4. The molecule has 2 N–H and O–H groups in total. The third-order valence-electron chi connectivity index (χ3n) is 9.14. The zero-order chi connectivity index (χ0) is 30.3. The average molecular weight is 589 g/mol. The molecule has 10 nitrogen and oxygen atoms in total. The van der Waals surface area contributed by atoms with Gasteiger partial charge in [-0.15, -0.1) is 0 Å². The van der Waals surface area contributed by atoms with Crippen molar-refractivity contribution in [2.75, 3.05) is 51.1 Å². The third kappa shape index (κ3) is 4.04. The molecule has 7 rings (SSSR count). The van der Waals surface area contributed by atoms with Gasteiger partial charge in [-0.05, 0) is 25.7 Å². The Morgan fingerprint density at radius 3 is 2.67 bits per heavy atom. The lowest BCUT2D eigenvalue weighted by Crippen LogP contribution is -2.37. The molecule has 0 amide bonds. The summed E-state index contributed by atoms with van der Waals surface area (Å²) in [5.74, 6) is -3.04. The van der Waals surface area contributed by atoms with Crippen LogP contribution in [0.4, 0.5) is 20.2 Å². The van der Waals surface area contributed by atoms with E-state index in [9.17, 15) is 19.1 Å². The molecule has 5 heterocycles. The lowest BCUT2D eigenvalue weighted by Gasteiger charge is -2.28. The number of nitrogens with one attached hydrogen (secondary N) is 1. The molecule has 2 fully saturated rings. The first kappa shape index (κ1) is 27.4. The van der Waals surface area contributed by atoms with E-state index in [2.05, 4.69) is 20.1 Å². The molecular weight excluding hydrogens is 558 g/mol. The van der Waals surface area contributed by atoms with Crippen molar-refractivity contribution in [3.05, 3.63) is 69.4 Å². The van der Waals surface area contributed by atoms with Crippen molar-refractivity contribution in [3.63, 3.8) is 0 Å². The maximum atomic E-state index is 15.7. The maximum Gasteiger partial charge on any atom is 0.341 e. The summed E-state index contributed by atoms with van der Waals surface area (Å²) in [4.78, 5) is 38.5. The number of ether oxygens (including phenoxy) is 1. The smallest absolute Gasteiger partial charge is 0.341 e. The second-order valence-electron chi connectivity index (χ2n) is 11.7. The molecule has 2 saturated heterocycles. The number of pyridine rings is 3. The lowest BCUT2D eigenvalue weighted by atomic mass is 9.96. The SMILES string of the molecule is CNc1cc(F)c(F)c2c1Cc1ncc(-c3cnc4c(c3)c(=O)c(C(=O)O)cn4C)c(N3CC4C(N(C)C)CO[C@@H]4C3)c1-2. The number of aryl methyl sites for hydroxylation is 1. The van der Waals surface area contributed by atoms with E-state index in [1.807, 2.05) is 14.1 Å².